The van der Waals surface area contributed by atoms with E-state index in [1.165, 1.54) is 50.6 Å². The van der Waals surface area contributed by atoms with E-state index in [9.17, 15) is 0 Å². The van der Waals surface area contributed by atoms with E-state index < -0.39 is 0 Å². The Morgan fingerprint density at radius 2 is 1.69 bits per heavy atom. The van der Waals surface area contributed by atoms with Crippen molar-refractivity contribution in [2.75, 3.05) is 13.7 Å². The molecule has 1 aliphatic rings. The molecule has 4 nitrogen and oxygen atoms in total. The topological polar surface area (TPSA) is 53.2 Å². The van der Waals surface area contributed by atoms with Crippen molar-refractivity contribution >= 4 is 6.21 Å². The molecule has 0 radical (unpaired) electrons. The van der Waals surface area contributed by atoms with E-state index in [-0.39, 0.29) is 0 Å². The zero-order valence-electron chi connectivity index (χ0n) is 15.9. The van der Waals surface area contributed by atoms with E-state index in [0.29, 0.717) is 0 Å². The second-order valence-electron chi connectivity index (χ2n) is 7.02. The molecule has 2 aromatic rings. The van der Waals surface area contributed by atoms with Crippen molar-refractivity contribution < 1.29 is 4.74 Å². The van der Waals surface area contributed by atoms with Gasteiger partial charge in [0.2, 0.25) is 0 Å². The van der Waals surface area contributed by atoms with Crippen LogP contribution in [0.5, 0.6) is 5.75 Å². The van der Waals surface area contributed by atoms with E-state index in [4.69, 9.17) is 4.74 Å². The summed E-state index contributed by atoms with van der Waals surface area (Å²) in [6.45, 7) is 0.806. The summed E-state index contributed by atoms with van der Waals surface area (Å²) in [7, 11) is 1.70. The van der Waals surface area contributed by atoms with Crippen LogP contribution in [0.2, 0.25) is 0 Å². The minimum Gasteiger partial charge on any atom is -0.494 e. The molecule has 0 spiro atoms. The van der Waals surface area contributed by atoms with Gasteiger partial charge in [-0.2, -0.15) is 0 Å². The van der Waals surface area contributed by atoms with Crippen LogP contribution in [0.15, 0.2) is 35.3 Å². The summed E-state index contributed by atoms with van der Waals surface area (Å²) >= 11 is 0. The van der Waals surface area contributed by atoms with Crippen LogP contribution in [0.25, 0.3) is 11.4 Å². The third-order valence-corrected chi connectivity index (χ3v) is 4.95. The number of nitrogens with one attached hydrogen (secondary N) is 2. The van der Waals surface area contributed by atoms with Crippen molar-refractivity contribution in [3.05, 3.63) is 41.7 Å². The van der Waals surface area contributed by atoms with Gasteiger partial charge >= 0.3 is 0 Å². The molecule has 26 heavy (non-hydrogen) atoms. The highest BCUT2D eigenvalue weighted by molar-refractivity contribution is 5.83. The minimum absolute atomic E-state index is 0.806. The lowest BCUT2D eigenvalue weighted by Gasteiger charge is -2.01. The van der Waals surface area contributed by atoms with Gasteiger partial charge in [0.25, 0.3) is 0 Å². The number of aryl methyl sites for hydroxylation is 1. The predicted molar refractivity (Wildman–Crippen MR) is 109 cm³/mol. The Kier molecular flexibility index (Phi) is 7.17. The molecule has 0 aromatic carbocycles. The highest BCUT2D eigenvalue weighted by Crippen LogP contribution is 2.26. The first kappa shape index (κ1) is 18.6. The number of fused-ring (bicyclic) bond motifs is 5. The van der Waals surface area contributed by atoms with Crippen molar-refractivity contribution in [1.29, 1.82) is 0 Å². The molecular formula is C22H31N3O. The number of methoxy groups -OCH3 is 1. The van der Waals surface area contributed by atoms with Crippen molar-refractivity contribution in [2.45, 2.75) is 57.8 Å². The lowest BCUT2D eigenvalue weighted by Crippen LogP contribution is -1.90. The van der Waals surface area contributed by atoms with Gasteiger partial charge in [0.1, 0.15) is 5.75 Å². The number of aromatic nitrogens is 2. The molecule has 0 aliphatic carbocycles. The third kappa shape index (κ3) is 5.38. The molecule has 0 fully saturated rings. The standard InChI is InChI=1S/C22H31N3O/c1-26-22-16-20-19-14-13-18(24-19)12-10-8-6-4-2-3-5-7-9-11-15-23-17-21(22)25-20/h7,9,13-14,16-17,24-25H,2-6,8,10-12,15H2,1H3/b9-7+,23-17?. The van der Waals surface area contributed by atoms with Crippen molar-refractivity contribution in [3.63, 3.8) is 0 Å². The van der Waals surface area contributed by atoms with Gasteiger partial charge in [0, 0.05) is 24.5 Å². The maximum atomic E-state index is 5.50. The summed E-state index contributed by atoms with van der Waals surface area (Å²) in [5.41, 5.74) is 4.39. The monoisotopic (exact) mass is 353 g/mol. The Bertz CT molecular complexity index is 724. The van der Waals surface area contributed by atoms with E-state index >= 15 is 0 Å². The molecule has 3 rings (SSSR count). The number of H-pyrrole nitrogens is 2. The van der Waals surface area contributed by atoms with Gasteiger partial charge in [-0.05, 0) is 44.2 Å². The highest BCUT2D eigenvalue weighted by atomic mass is 16.5. The number of aromatic amines is 2. The molecule has 3 heterocycles. The van der Waals surface area contributed by atoms with Gasteiger partial charge in [0.05, 0.1) is 24.2 Å². The van der Waals surface area contributed by atoms with Crippen LogP contribution in [0.4, 0.5) is 0 Å². The molecular weight excluding hydrogens is 322 g/mol. The van der Waals surface area contributed by atoms with Crippen LogP contribution in [0.3, 0.4) is 0 Å². The smallest absolute Gasteiger partial charge is 0.146 e. The van der Waals surface area contributed by atoms with Gasteiger partial charge in [-0.3, -0.25) is 4.99 Å². The van der Waals surface area contributed by atoms with E-state index in [0.717, 1.165) is 42.2 Å². The quantitative estimate of drug-likeness (QED) is 0.638. The molecule has 4 bridgehead atoms. The lowest BCUT2D eigenvalue weighted by atomic mass is 10.1. The lowest BCUT2D eigenvalue weighted by molar-refractivity contribution is 0.415. The normalized spacial score (nSPS) is 18.3. The number of hydrogen-bond donors (Lipinski definition) is 2. The molecule has 2 aromatic heterocycles. The SMILES string of the molecule is COc1cc2[nH]c1C=NCC/C=C/CCCCCCCCc1ccc-2[nH]1. The number of allylic oxidation sites excluding steroid dienone is 1. The highest BCUT2D eigenvalue weighted by Gasteiger charge is 2.10. The average Bonchev–Trinajstić information content (AvgIpc) is 3.28. The fourth-order valence-corrected chi connectivity index (χ4v) is 3.43. The Labute approximate surface area is 156 Å². The molecule has 0 atom stereocenters. The summed E-state index contributed by atoms with van der Waals surface area (Å²) < 4.78 is 5.50. The first-order chi connectivity index (χ1) is 12.9. The number of rotatable bonds is 1. The Balaban J connectivity index is 1.73. The Morgan fingerprint density at radius 3 is 2.58 bits per heavy atom. The molecule has 0 unspecified atom stereocenters. The van der Waals surface area contributed by atoms with Crippen LogP contribution >= 0.6 is 0 Å². The maximum Gasteiger partial charge on any atom is 0.146 e. The van der Waals surface area contributed by atoms with Gasteiger partial charge < -0.3 is 14.7 Å². The first-order valence-electron chi connectivity index (χ1n) is 9.97. The second kappa shape index (κ2) is 10.0. The molecule has 4 heteroatoms. The van der Waals surface area contributed by atoms with E-state index in [2.05, 4.69) is 39.2 Å². The van der Waals surface area contributed by atoms with Crippen molar-refractivity contribution in [3.8, 4) is 17.1 Å². The van der Waals surface area contributed by atoms with Crippen LogP contribution in [0.1, 0.15) is 62.8 Å². The summed E-state index contributed by atoms with van der Waals surface area (Å²) in [4.78, 5) is 11.5. The summed E-state index contributed by atoms with van der Waals surface area (Å²) in [6.07, 6.45) is 17.7. The fourth-order valence-electron chi connectivity index (χ4n) is 3.43. The number of ether oxygens (including phenoxy) is 1. The zero-order chi connectivity index (χ0) is 18.0. The van der Waals surface area contributed by atoms with Gasteiger partial charge in [-0.15, -0.1) is 0 Å². The van der Waals surface area contributed by atoms with Crippen LogP contribution in [0, 0.1) is 0 Å². The van der Waals surface area contributed by atoms with Crippen LogP contribution in [-0.2, 0) is 6.42 Å². The van der Waals surface area contributed by atoms with Crippen molar-refractivity contribution in [2.24, 2.45) is 4.99 Å². The molecule has 0 saturated carbocycles. The molecule has 2 N–H and O–H groups in total. The Morgan fingerprint density at radius 1 is 0.885 bits per heavy atom. The molecule has 1 aliphatic heterocycles. The van der Waals surface area contributed by atoms with Crippen LogP contribution < -0.4 is 4.74 Å². The van der Waals surface area contributed by atoms with Gasteiger partial charge in [-0.25, -0.2) is 0 Å². The second-order valence-corrected chi connectivity index (χ2v) is 7.02. The maximum absolute atomic E-state index is 5.50. The summed E-state index contributed by atoms with van der Waals surface area (Å²) in [6, 6.07) is 6.39. The summed E-state index contributed by atoms with van der Waals surface area (Å²) in [5, 5.41) is 0. The number of aliphatic imine (C=N–C) groups is 1. The number of hydrogen-bond acceptors (Lipinski definition) is 2. The van der Waals surface area contributed by atoms with Crippen LogP contribution in [-0.4, -0.2) is 29.8 Å². The Hall–Kier alpha value is -2.23. The van der Waals surface area contributed by atoms with Gasteiger partial charge in [0.15, 0.2) is 0 Å². The first-order valence-corrected chi connectivity index (χ1v) is 9.97. The summed E-state index contributed by atoms with van der Waals surface area (Å²) in [5.74, 6) is 0.835. The fraction of sp³-hybridized carbons (Fsp3) is 0.500. The predicted octanol–water partition coefficient (Wildman–Crippen LogP) is 5.67. The zero-order valence-corrected chi connectivity index (χ0v) is 15.9. The minimum atomic E-state index is 0.806. The number of nitrogens with zero attached hydrogens (tertiary/aromatic N) is 1. The molecule has 140 valence electrons. The van der Waals surface area contributed by atoms with E-state index in [1.807, 2.05) is 12.3 Å². The molecule has 0 amide bonds. The third-order valence-electron chi connectivity index (χ3n) is 4.95. The van der Waals surface area contributed by atoms with E-state index in [1.54, 1.807) is 7.11 Å². The largest absolute Gasteiger partial charge is 0.494 e. The molecule has 0 saturated heterocycles. The average molecular weight is 354 g/mol. The van der Waals surface area contributed by atoms with Gasteiger partial charge in [-0.1, -0.05) is 37.8 Å². The van der Waals surface area contributed by atoms with Crippen molar-refractivity contribution in [1.82, 2.24) is 9.97 Å².